The molecule has 100 valence electrons. The maximum absolute atomic E-state index is 12.0. The van der Waals surface area contributed by atoms with E-state index in [0.717, 1.165) is 17.0 Å². The van der Waals surface area contributed by atoms with Crippen LogP contribution in [0.4, 0.5) is 0 Å². The summed E-state index contributed by atoms with van der Waals surface area (Å²) < 4.78 is 5.08. The maximum atomic E-state index is 12.0. The number of nitrogens with one attached hydrogen (secondary N) is 1. The fourth-order valence-electron chi connectivity index (χ4n) is 2.63. The number of nitriles is 1. The second-order valence-electron chi connectivity index (χ2n) is 4.73. The number of hydrogen-bond donors (Lipinski definition) is 1. The summed E-state index contributed by atoms with van der Waals surface area (Å²) >= 11 is 6.02. The van der Waals surface area contributed by atoms with Crippen molar-refractivity contribution in [2.24, 2.45) is 0 Å². The quantitative estimate of drug-likeness (QED) is 0.806. The molecule has 1 unspecified atom stereocenters. The molecule has 0 aliphatic carbocycles. The summed E-state index contributed by atoms with van der Waals surface area (Å²) in [6, 6.07) is 9.40. The van der Waals surface area contributed by atoms with Crippen LogP contribution < -0.4 is 5.32 Å². The molecule has 4 nitrogen and oxygen atoms in total. The summed E-state index contributed by atoms with van der Waals surface area (Å²) in [7, 11) is 0. The lowest BCUT2D eigenvalue weighted by Crippen LogP contribution is -2.25. The molecule has 0 saturated heterocycles. The van der Waals surface area contributed by atoms with E-state index >= 15 is 0 Å². The Morgan fingerprint density at radius 1 is 1.50 bits per heavy atom. The number of allylic oxidation sites excluding steroid dienone is 2. The minimum atomic E-state index is -0.412. The summed E-state index contributed by atoms with van der Waals surface area (Å²) in [5.74, 6) is -0.789. The van der Waals surface area contributed by atoms with Crippen LogP contribution in [0.25, 0.3) is 0 Å². The molecule has 2 heterocycles. The molecule has 3 rings (SSSR count). The molecule has 0 aromatic heterocycles. The number of carbonyl (C=O) groups is 1. The van der Waals surface area contributed by atoms with Gasteiger partial charge in [-0.1, -0.05) is 23.7 Å². The Labute approximate surface area is 121 Å². The number of nitrogens with zero attached hydrogens (tertiary/aromatic N) is 1. The van der Waals surface area contributed by atoms with E-state index in [0.29, 0.717) is 16.2 Å². The van der Waals surface area contributed by atoms with Crippen LogP contribution in [0.2, 0.25) is 5.02 Å². The van der Waals surface area contributed by atoms with Crippen molar-refractivity contribution in [3.63, 3.8) is 0 Å². The third-order valence-electron chi connectivity index (χ3n) is 3.51. The largest absolute Gasteiger partial charge is 0.456 e. The maximum Gasteiger partial charge on any atom is 0.337 e. The van der Waals surface area contributed by atoms with Crippen LogP contribution in [0.5, 0.6) is 0 Å². The molecule has 0 amide bonds. The van der Waals surface area contributed by atoms with Crippen molar-refractivity contribution < 1.29 is 9.53 Å². The van der Waals surface area contributed by atoms with Crippen molar-refractivity contribution in [3.8, 4) is 6.07 Å². The highest BCUT2D eigenvalue weighted by Gasteiger charge is 2.39. The number of benzene rings is 1. The van der Waals surface area contributed by atoms with Gasteiger partial charge < -0.3 is 10.1 Å². The summed E-state index contributed by atoms with van der Waals surface area (Å²) in [4.78, 5) is 12.0. The first kappa shape index (κ1) is 12.8. The van der Waals surface area contributed by atoms with Crippen molar-refractivity contribution in [2.45, 2.75) is 12.8 Å². The zero-order valence-corrected chi connectivity index (χ0v) is 11.5. The van der Waals surface area contributed by atoms with Gasteiger partial charge in [-0.25, -0.2) is 4.79 Å². The number of cyclic esters (lactones) is 1. The van der Waals surface area contributed by atoms with Gasteiger partial charge in [0.15, 0.2) is 0 Å². The molecule has 1 atom stereocenters. The normalized spacial score (nSPS) is 21.2. The lowest BCUT2D eigenvalue weighted by molar-refractivity contribution is -0.136. The predicted octanol–water partition coefficient (Wildman–Crippen LogP) is 2.64. The van der Waals surface area contributed by atoms with Gasteiger partial charge in [0.1, 0.15) is 6.61 Å². The molecule has 2 aliphatic rings. The fourth-order valence-corrected chi connectivity index (χ4v) is 2.83. The number of ether oxygens (including phenoxy) is 1. The van der Waals surface area contributed by atoms with E-state index in [2.05, 4.69) is 11.4 Å². The molecule has 1 N–H and O–H groups in total. The van der Waals surface area contributed by atoms with Gasteiger partial charge in [-0.05, 0) is 24.6 Å². The Balaban J connectivity index is 2.19. The number of carbonyl (C=O) groups excluding carboxylic acids is 1. The van der Waals surface area contributed by atoms with E-state index in [1.165, 1.54) is 0 Å². The van der Waals surface area contributed by atoms with Gasteiger partial charge in [0, 0.05) is 10.7 Å². The Morgan fingerprint density at radius 3 is 3.00 bits per heavy atom. The van der Waals surface area contributed by atoms with Crippen LogP contribution >= 0.6 is 11.6 Å². The van der Waals surface area contributed by atoms with Crippen LogP contribution in [0.15, 0.2) is 46.8 Å². The van der Waals surface area contributed by atoms with Crippen LogP contribution in [-0.4, -0.2) is 12.6 Å². The van der Waals surface area contributed by atoms with Gasteiger partial charge >= 0.3 is 5.97 Å². The molecule has 0 radical (unpaired) electrons. The molecule has 0 saturated carbocycles. The Morgan fingerprint density at radius 2 is 2.30 bits per heavy atom. The molecule has 20 heavy (non-hydrogen) atoms. The van der Waals surface area contributed by atoms with E-state index in [1.807, 2.05) is 19.1 Å². The molecule has 0 spiro atoms. The molecule has 5 heteroatoms. The molecular weight excluding hydrogens is 276 g/mol. The van der Waals surface area contributed by atoms with E-state index in [-0.39, 0.29) is 12.6 Å². The van der Waals surface area contributed by atoms with Crippen molar-refractivity contribution >= 4 is 17.6 Å². The topological polar surface area (TPSA) is 62.1 Å². The summed E-state index contributed by atoms with van der Waals surface area (Å²) in [5.41, 5.74) is 3.33. The van der Waals surface area contributed by atoms with E-state index in [4.69, 9.17) is 16.3 Å². The Hall–Kier alpha value is -2.25. The monoisotopic (exact) mass is 286 g/mol. The molecule has 1 aromatic carbocycles. The van der Waals surface area contributed by atoms with Gasteiger partial charge in [-0.2, -0.15) is 5.26 Å². The first-order valence-corrected chi connectivity index (χ1v) is 6.53. The zero-order chi connectivity index (χ0) is 14.3. The fraction of sp³-hybridized carbons (Fsp3) is 0.200. The molecule has 0 bridgehead atoms. The van der Waals surface area contributed by atoms with Crippen LogP contribution in [0.3, 0.4) is 0 Å². The number of dihydropyridines is 1. The van der Waals surface area contributed by atoms with Crippen molar-refractivity contribution in [3.05, 3.63) is 57.4 Å². The van der Waals surface area contributed by atoms with Crippen molar-refractivity contribution in [2.75, 3.05) is 6.61 Å². The summed E-state index contributed by atoms with van der Waals surface area (Å²) in [6.07, 6.45) is 0. The zero-order valence-electron chi connectivity index (χ0n) is 10.7. The van der Waals surface area contributed by atoms with E-state index in [1.54, 1.807) is 12.1 Å². The minimum absolute atomic E-state index is 0.223. The van der Waals surface area contributed by atoms with Crippen molar-refractivity contribution in [1.82, 2.24) is 5.32 Å². The highest BCUT2D eigenvalue weighted by Crippen LogP contribution is 2.40. The van der Waals surface area contributed by atoms with Gasteiger partial charge in [0.25, 0.3) is 0 Å². The highest BCUT2D eigenvalue weighted by atomic mass is 35.5. The lowest BCUT2D eigenvalue weighted by Gasteiger charge is -2.25. The summed E-state index contributed by atoms with van der Waals surface area (Å²) in [5, 5.41) is 13.1. The Kier molecular flexibility index (Phi) is 3.00. The third kappa shape index (κ3) is 1.87. The minimum Gasteiger partial charge on any atom is -0.456 e. The van der Waals surface area contributed by atoms with Gasteiger partial charge in [-0.15, -0.1) is 0 Å². The SMILES string of the molecule is CC1=C(C#N)C(c2cccc(Cl)c2)C2=C(COC2=O)N1. The van der Waals surface area contributed by atoms with Gasteiger partial charge in [-0.3, -0.25) is 0 Å². The molecule has 2 aliphatic heterocycles. The van der Waals surface area contributed by atoms with Gasteiger partial charge in [0.05, 0.1) is 28.8 Å². The Bertz CT molecular complexity index is 713. The lowest BCUT2D eigenvalue weighted by atomic mass is 9.81. The second kappa shape index (κ2) is 4.69. The third-order valence-corrected chi connectivity index (χ3v) is 3.75. The summed E-state index contributed by atoms with van der Waals surface area (Å²) in [6.45, 7) is 2.05. The number of hydrogen-bond acceptors (Lipinski definition) is 4. The van der Waals surface area contributed by atoms with E-state index in [9.17, 15) is 10.1 Å². The first-order valence-electron chi connectivity index (χ1n) is 6.15. The number of esters is 1. The molecular formula is C15H11ClN2O2. The van der Waals surface area contributed by atoms with Gasteiger partial charge in [0.2, 0.25) is 0 Å². The first-order chi connectivity index (χ1) is 9.61. The number of halogens is 1. The second-order valence-corrected chi connectivity index (χ2v) is 5.17. The van der Waals surface area contributed by atoms with Crippen LogP contribution in [0.1, 0.15) is 18.4 Å². The van der Waals surface area contributed by atoms with Crippen LogP contribution in [0, 0.1) is 11.3 Å². The van der Waals surface area contributed by atoms with Crippen LogP contribution in [-0.2, 0) is 9.53 Å². The molecule has 1 aromatic rings. The standard InChI is InChI=1S/C15H11ClN2O2/c1-8-11(6-17)13(9-3-2-4-10(16)5-9)14-12(18-8)7-20-15(14)19/h2-5,13,18H,7H2,1H3. The smallest absolute Gasteiger partial charge is 0.337 e. The average molecular weight is 287 g/mol. The number of rotatable bonds is 1. The van der Waals surface area contributed by atoms with E-state index < -0.39 is 5.92 Å². The van der Waals surface area contributed by atoms with Crippen molar-refractivity contribution in [1.29, 1.82) is 5.26 Å². The predicted molar refractivity (Wildman–Crippen MR) is 73.6 cm³/mol. The highest BCUT2D eigenvalue weighted by molar-refractivity contribution is 6.30. The molecule has 0 fully saturated rings. The average Bonchev–Trinajstić information content (AvgIpc) is 2.78.